The summed E-state index contributed by atoms with van der Waals surface area (Å²) in [5.74, 6) is -0.433. The van der Waals surface area contributed by atoms with E-state index in [2.05, 4.69) is 10.6 Å². The van der Waals surface area contributed by atoms with Gasteiger partial charge in [-0.1, -0.05) is 12.1 Å². The molecule has 0 saturated carbocycles. The van der Waals surface area contributed by atoms with E-state index >= 15 is 0 Å². The molecule has 0 bridgehead atoms. The van der Waals surface area contributed by atoms with Gasteiger partial charge in [0, 0.05) is 20.3 Å². The van der Waals surface area contributed by atoms with Gasteiger partial charge in [-0.3, -0.25) is 9.59 Å². The van der Waals surface area contributed by atoms with Crippen LogP contribution < -0.4 is 10.6 Å². The van der Waals surface area contributed by atoms with Gasteiger partial charge in [0.25, 0.3) is 11.8 Å². The van der Waals surface area contributed by atoms with Gasteiger partial charge < -0.3 is 19.8 Å². The lowest BCUT2D eigenvalue weighted by Crippen LogP contribution is -2.27. The number of carbonyl (C=O) groups excluding carboxylic acids is 2. The zero-order chi connectivity index (χ0) is 16.7. The third-order valence-electron chi connectivity index (χ3n) is 3.31. The number of hydrogen-bond acceptors (Lipinski definition) is 4. The summed E-state index contributed by atoms with van der Waals surface area (Å²) in [6.07, 6.45) is 2.15. The van der Waals surface area contributed by atoms with Crippen LogP contribution in [0.5, 0.6) is 0 Å². The van der Waals surface area contributed by atoms with Gasteiger partial charge in [-0.25, -0.2) is 0 Å². The summed E-state index contributed by atoms with van der Waals surface area (Å²) in [6, 6.07) is 8.49. The first-order valence-corrected chi connectivity index (χ1v) is 7.35. The first kappa shape index (κ1) is 16.8. The summed E-state index contributed by atoms with van der Waals surface area (Å²) in [7, 11) is 1.62. The molecule has 2 N–H and O–H groups in total. The molecule has 0 aliphatic heterocycles. The van der Waals surface area contributed by atoms with Crippen LogP contribution in [-0.2, 0) is 4.74 Å². The van der Waals surface area contributed by atoms with E-state index in [0.717, 1.165) is 12.0 Å². The maximum Gasteiger partial charge on any atom is 0.291 e. The number of anilines is 1. The van der Waals surface area contributed by atoms with Crippen LogP contribution in [0.15, 0.2) is 41.0 Å². The second kappa shape index (κ2) is 8.14. The molecule has 6 heteroatoms. The highest BCUT2D eigenvalue weighted by Gasteiger charge is 2.17. The Morgan fingerprint density at radius 2 is 2.00 bits per heavy atom. The van der Waals surface area contributed by atoms with Crippen LogP contribution in [0.1, 0.15) is 32.9 Å². The molecule has 0 unspecified atom stereocenters. The molecule has 2 rings (SSSR count). The molecule has 0 atom stereocenters. The summed E-state index contributed by atoms with van der Waals surface area (Å²) in [5, 5.41) is 5.56. The molecule has 1 aromatic carbocycles. The van der Waals surface area contributed by atoms with Crippen molar-refractivity contribution in [3.63, 3.8) is 0 Å². The summed E-state index contributed by atoms with van der Waals surface area (Å²) in [6.45, 7) is 2.92. The maximum absolute atomic E-state index is 12.3. The summed E-state index contributed by atoms with van der Waals surface area (Å²) < 4.78 is 10.0. The molecular formula is C17H20N2O4. The van der Waals surface area contributed by atoms with Crippen molar-refractivity contribution in [1.82, 2.24) is 5.32 Å². The molecular weight excluding hydrogens is 296 g/mol. The predicted molar refractivity (Wildman–Crippen MR) is 86.7 cm³/mol. The van der Waals surface area contributed by atoms with Crippen molar-refractivity contribution in [2.45, 2.75) is 13.3 Å². The number of furan rings is 1. The largest absolute Gasteiger partial charge is 0.459 e. The van der Waals surface area contributed by atoms with Gasteiger partial charge in [0.1, 0.15) is 0 Å². The molecule has 2 aromatic rings. The van der Waals surface area contributed by atoms with E-state index in [1.165, 1.54) is 6.26 Å². The topological polar surface area (TPSA) is 80.6 Å². The van der Waals surface area contributed by atoms with Gasteiger partial charge in [0.15, 0.2) is 5.76 Å². The summed E-state index contributed by atoms with van der Waals surface area (Å²) in [5.41, 5.74) is 1.70. The van der Waals surface area contributed by atoms with Crippen LogP contribution in [0.4, 0.5) is 5.69 Å². The average Bonchev–Trinajstić information content (AvgIpc) is 3.07. The lowest BCUT2D eigenvalue weighted by Gasteiger charge is -2.13. The van der Waals surface area contributed by atoms with Gasteiger partial charge >= 0.3 is 0 Å². The Kier molecular flexibility index (Phi) is 5.94. The van der Waals surface area contributed by atoms with Crippen LogP contribution >= 0.6 is 0 Å². The fraction of sp³-hybridized carbons (Fsp3) is 0.294. The standard InChI is InChI=1S/C17H20N2O4/c1-12-6-3-7-13(16(20)18-9-5-10-22-2)15(12)19-17(21)14-8-4-11-23-14/h3-4,6-8,11H,5,9-10H2,1-2H3,(H,18,20)(H,19,21). The smallest absolute Gasteiger partial charge is 0.291 e. The van der Waals surface area contributed by atoms with Gasteiger partial charge in [-0.15, -0.1) is 0 Å². The molecule has 0 fully saturated rings. The minimum atomic E-state index is -0.391. The fourth-order valence-electron chi connectivity index (χ4n) is 2.12. The Balaban J connectivity index is 2.12. The zero-order valence-electron chi connectivity index (χ0n) is 13.2. The number of benzene rings is 1. The minimum Gasteiger partial charge on any atom is -0.459 e. The Bertz CT molecular complexity index is 665. The molecule has 2 amide bonds. The molecule has 0 spiro atoms. The Morgan fingerprint density at radius 3 is 2.70 bits per heavy atom. The SMILES string of the molecule is COCCCNC(=O)c1cccc(C)c1NC(=O)c1ccco1. The number of para-hydroxylation sites is 1. The molecule has 1 heterocycles. The van der Waals surface area contributed by atoms with E-state index in [9.17, 15) is 9.59 Å². The van der Waals surface area contributed by atoms with E-state index in [0.29, 0.717) is 24.4 Å². The Labute approximate surface area is 134 Å². The number of rotatable bonds is 7. The summed E-state index contributed by atoms with van der Waals surface area (Å²) in [4.78, 5) is 24.5. The third kappa shape index (κ3) is 4.43. The highest BCUT2D eigenvalue weighted by atomic mass is 16.5. The Hall–Kier alpha value is -2.60. The van der Waals surface area contributed by atoms with Crippen LogP contribution in [0.2, 0.25) is 0 Å². The molecule has 0 radical (unpaired) electrons. The highest BCUT2D eigenvalue weighted by molar-refractivity contribution is 6.08. The van der Waals surface area contributed by atoms with Crippen LogP contribution in [-0.4, -0.2) is 32.1 Å². The van der Waals surface area contributed by atoms with E-state index in [-0.39, 0.29) is 11.7 Å². The van der Waals surface area contributed by atoms with Gasteiger partial charge in [0.05, 0.1) is 17.5 Å². The van der Waals surface area contributed by atoms with Gasteiger partial charge in [-0.05, 0) is 37.1 Å². The second-order valence-electron chi connectivity index (χ2n) is 5.03. The van der Waals surface area contributed by atoms with Crippen molar-refractivity contribution in [3.05, 3.63) is 53.5 Å². The Morgan fingerprint density at radius 1 is 1.17 bits per heavy atom. The number of hydrogen-bond donors (Lipinski definition) is 2. The van der Waals surface area contributed by atoms with Crippen molar-refractivity contribution in [3.8, 4) is 0 Å². The molecule has 122 valence electrons. The number of carbonyl (C=O) groups is 2. The van der Waals surface area contributed by atoms with E-state index < -0.39 is 5.91 Å². The molecule has 0 aliphatic rings. The van der Waals surface area contributed by atoms with E-state index in [1.807, 2.05) is 13.0 Å². The van der Waals surface area contributed by atoms with Crippen LogP contribution in [0.3, 0.4) is 0 Å². The number of ether oxygens (including phenoxy) is 1. The predicted octanol–water partition coefficient (Wildman–Crippen LogP) is 2.61. The van der Waals surface area contributed by atoms with Crippen molar-refractivity contribution in [2.24, 2.45) is 0 Å². The highest BCUT2D eigenvalue weighted by Crippen LogP contribution is 2.21. The maximum atomic E-state index is 12.3. The van der Waals surface area contributed by atoms with E-state index in [4.69, 9.17) is 9.15 Å². The van der Waals surface area contributed by atoms with Crippen LogP contribution in [0.25, 0.3) is 0 Å². The van der Waals surface area contributed by atoms with Crippen molar-refractivity contribution >= 4 is 17.5 Å². The quantitative estimate of drug-likeness (QED) is 0.769. The fourth-order valence-corrected chi connectivity index (χ4v) is 2.12. The lowest BCUT2D eigenvalue weighted by atomic mass is 10.1. The first-order valence-electron chi connectivity index (χ1n) is 7.35. The lowest BCUT2D eigenvalue weighted by molar-refractivity contribution is 0.0949. The van der Waals surface area contributed by atoms with Crippen molar-refractivity contribution in [1.29, 1.82) is 0 Å². The van der Waals surface area contributed by atoms with Gasteiger partial charge in [0.2, 0.25) is 0 Å². The number of amides is 2. The van der Waals surface area contributed by atoms with Crippen molar-refractivity contribution < 1.29 is 18.7 Å². The molecule has 6 nitrogen and oxygen atoms in total. The zero-order valence-corrected chi connectivity index (χ0v) is 13.2. The molecule has 0 aliphatic carbocycles. The summed E-state index contributed by atoms with van der Waals surface area (Å²) >= 11 is 0. The normalized spacial score (nSPS) is 10.3. The monoisotopic (exact) mass is 316 g/mol. The number of methoxy groups -OCH3 is 1. The second-order valence-corrected chi connectivity index (χ2v) is 5.03. The minimum absolute atomic E-state index is 0.194. The number of aryl methyl sites for hydroxylation is 1. The third-order valence-corrected chi connectivity index (χ3v) is 3.31. The number of nitrogens with one attached hydrogen (secondary N) is 2. The van der Waals surface area contributed by atoms with Crippen molar-refractivity contribution in [2.75, 3.05) is 25.6 Å². The van der Waals surface area contributed by atoms with Gasteiger partial charge in [-0.2, -0.15) is 0 Å². The average molecular weight is 316 g/mol. The first-order chi connectivity index (χ1) is 11.1. The molecule has 0 saturated heterocycles. The molecule has 1 aromatic heterocycles. The molecule has 23 heavy (non-hydrogen) atoms. The van der Waals surface area contributed by atoms with Crippen LogP contribution in [0, 0.1) is 6.92 Å². The van der Waals surface area contributed by atoms with E-state index in [1.54, 1.807) is 31.4 Å².